The maximum Gasteiger partial charge on any atom is 0.0485 e. The lowest BCUT2D eigenvalue weighted by Crippen LogP contribution is -2.21. The van der Waals surface area contributed by atoms with Gasteiger partial charge in [-0.2, -0.15) is 0 Å². The van der Waals surface area contributed by atoms with Gasteiger partial charge in [-0.3, -0.25) is 4.98 Å². The van der Waals surface area contributed by atoms with Crippen molar-refractivity contribution >= 4 is 21.7 Å². The summed E-state index contributed by atoms with van der Waals surface area (Å²) in [6, 6.07) is 18.3. The number of nitrogens with two attached hydrogens (primary N) is 1. The quantitative estimate of drug-likeness (QED) is 0.307. The van der Waals surface area contributed by atoms with Gasteiger partial charge in [-0.15, -0.1) is 0 Å². The van der Waals surface area contributed by atoms with Crippen molar-refractivity contribution in [3.63, 3.8) is 0 Å². The van der Waals surface area contributed by atoms with Gasteiger partial charge in [0.2, 0.25) is 0 Å². The van der Waals surface area contributed by atoms with Gasteiger partial charge in [0.1, 0.15) is 0 Å². The monoisotopic (exact) mass is 440 g/mol. The molecule has 0 aliphatic heterocycles. The summed E-state index contributed by atoms with van der Waals surface area (Å²) in [4.78, 5) is 4.65. The zero-order valence-corrected chi connectivity index (χ0v) is 19.5. The topological polar surface area (TPSA) is 55.9 Å². The maximum absolute atomic E-state index is 5.70. The molecule has 0 spiro atoms. The number of aromatic nitrogens is 2. The van der Waals surface area contributed by atoms with E-state index in [2.05, 4.69) is 75.8 Å². The summed E-state index contributed by atoms with van der Waals surface area (Å²) in [7, 11) is 0. The molecule has 33 heavy (non-hydrogen) atoms. The first-order chi connectivity index (χ1) is 16.4. The van der Waals surface area contributed by atoms with Crippen LogP contribution in [-0.2, 0) is 0 Å². The Morgan fingerprint density at radius 1 is 0.909 bits per heavy atom. The molecule has 2 aromatic carbocycles. The Balaban J connectivity index is 1.59. The second-order valence-corrected chi connectivity index (χ2v) is 9.48. The molecule has 4 aromatic rings. The van der Waals surface area contributed by atoms with Crippen LogP contribution in [0.2, 0.25) is 0 Å². The minimum atomic E-state index is 0.295. The zero-order chi connectivity index (χ0) is 22.5. The van der Waals surface area contributed by atoms with Crippen LogP contribution in [0.25, 0.3) is 21.7 Å². The summed E-state index contributed by atoms with van der Waals surface area (Å²) in [6.45, 7) is 2.68. The van der Waals surface area contributed by atoms with E-state index in [9.17, 15) is 0 Å². The van der Waals surface area contributed by atoms with Gasteiger partial charge in [0.05, 0.1) is 0 Å². The fourth-order valence-corrected chi connectivity index (χ4v) is 5.67. The van der Waals surface area contributed by atoms with Crippen molar-refractivity contribution in [2.75, 3.05) is 19.6 Å². The van der Waals surface area contributed by atoms with Gasteiger partial charge in [0.15, 0.2) is 0 Å². The number of benzene rings is 2. The van der Waals surface area contributed by atoms with Crippen molar-refractivity contribution in [3.05, 3.63) is 78.2 Å². The van der Waals surface area contributed by atoms with Crippen molar-refractivity contribution in [2.45, 2.75) is 56.9 Å². The molecule has 1 aliphatic rings. The van der Waals surface area contributed by atoms with E-state index in [0.29, 0.717) is 12.0 Å². The number of hydrogen-bond donors (Lipinski definition) is 2. The lowest BCUT2D eigenvalue weighted by Gasteiger charge is -2.24. The molecular formula is C29H36N4. The number of rotatable bonds is 9. The molecule has 0 amide bonds. The fourth-order valence-electron chi connectivity index (χ4n) is 5.67. The summed E-state index contributed by atoms with van der Waals surface area (Å²) in [5, 5.41) is 7.54. The van der Waals surface area contributed by atoms with E-state index in [1.54, 1.807) is 0 Å². The predicted molar refractivity (Wildman–Crippen MR) is 139 cm³/mol. The fraction of sp³-hybridized carbons (Fsp3) is 0.414. The highest BCUT2D eigenvalue weighted by molar-refractivity contribution is 5.89. The molecule has 2 aromatic heterocycles. The Kier molecular flexibility index (Phi) is 7.03. The van der Waals surface area contributed by atoms with Gasteiger partial charge in [0, 0.05) is 46.8 Å². The van der Waals surface area contributed by atoms with E-state index in [1.807, 2.05) is 6.20 Å². The van der Waals surface area contributed by atoms with Crippen LogP contribution in [0.4, 0.5) is 0 Å². The molecule has 5 rings (SSSR count). The summed E-state index contributed by atoms with van der Waals surface area (Å²) in [5.41, 5.74) is 9.86. The molecule has 0 radical (unpaired) electrons. The SMILES string of the molecule is NCCCNCCC(c1cncc2ccccc12)c1cn(C2CCCCC2)c2ccccc12. The van der Waals surface area contributed by atoms with Gasteiger partial charge in [0.25, 0.3) is 0 Å². The van der Waals surface area contributed by atoms with Crippen LogP contribution >= 0.6 is 0 Å². The van der Waals surface area contributed by atoms with Crippen LogP contribution in [-0.4, -0.2) is 29.2 Å². The van der Waals surface area contributed by atoms with E-state index < -0.39 is 0 Å². The Bertz CT molecular complexity index is 1180. The van der Waals surface area contributed by atoms with Crippen molar-refractivity contribution < 1.29 is 0 Å². The van der Waals surface area contributed by atoms with Gasteiger partial charge >= 0.3 is 0 Å². The van der Waals surface area contributed by atoms with Crippen LogP contribution in [0.15, 0.2) is 67.1 Å². The zero-order valence-electron chi connectivity index (χ0n) is 19.5. The number of pyridine rings is 1. The molecule has 4 nitrogen and oxygen atoms in total. The van der Waals surface area contributed by atoms with E-state index in [4.69, 9.17) is 5.73 Å². The van der Waals surface area contributed by atoms with Gasteiger partial charge < -0.3 is 15.6 Å². The summed E-state index contributed by atoms with van der Waals surface area (Å²) in [5.74, 6) is 0.295. The Labute approximate surface area is 197 Å². The molecule has 1 saturated carbocycles. The smallest absolute Gasteiger partial charge is 0.0485 e. The first-order valence-corrected chi connectivity index (χ1v) is 12.7. The second-order valence-electron chi connectivity index (χ2n) is 9.48. The predicted octanol–water partition coefficient (Wildman–Crippen LogP) is 6.16. The van der Waals surface area contributed by atoms with Crippen LogP contribution in [0.5, 0.6) is 0 Å². The third kappa shape index (κ3) is 4.68. The molecule has 1 aliphatic carbocycles. The Morgan fingerprint density at radius 2 is 1.70 bits per heavy atom. The molecule has 1 atom stereocenters. The lowest BCUT2D eigenvalue weighted by atomic mass is 9.86. The average molecular weight is 441 g/mol. The molecule has 172 valence electrons. The largest absolute Gasteiger partial charge is 0.344 e. The number of nitrogens with one attached hydrogen (secondary N) is 1. The average Bonchev–Trinajstić information content (AvgIpc) is 3.26. The van der Waals surface area contributed by atoms with E-state index in [0.717, 1.165) is 32.5 Å². The van der Waals surface area contributed by atoms with Crippen molar-refractivity contribution in [2.24, 2.45) is 5.73 Å². The third-order valence-electron chi connectivity index (χ3n) is 7.36. The molecule has 2 heterocycles. The Hall–Kier alpha value is -2.69. The van der Waals surface area contributed by atoms with Gasteiger partial charge in [-0.1, -0.05) is 61.7 Å². The van der Waals surface area contributed by atoms with Crippen molar-refractivity contribution in [1.82, 2.24) is 14.9 Å². The minimum Gasteiger partial charge on any atom is -0.344 e. The van der Waals surface area contributed by atoms with Crippen LogP contribution in [0.3, 0.4) is 0 Å². The molecule has 0 saturated heterocycles. The maximum atomic E-state index is 5.70. The minimum absolute atomic E-state index is 0.295. The lowest BCUT2D eigenvalue weighted by molar-refractivity contribution is 0.360. The standard InChI is InChI=1S/C29H36N4/c30-16-8-17-31-18-15-25(27-20-32-19-22-9-4-5-12-24(22)27)28-21-33(23-10-2-1-3-11-23)29-14-7-6-13-26(28)29/h4-7,9,12-14,19-21,23,25,31H,1-3,8,10-11,15-18,30H2. The Morgan fingerprint density at radius 3 is 2.55 bits per heavy atom. The van der Waals surface area contributed by atoms with Crippen LogP contribution in [0, 0.1) is 0 Å². The number of para-hydroxylation sites is 1. The van der Waals surface area contributed by atoms with Crippen molar-refractivity contribution in [1.29, 1.82) is 0 Å². The van der Waals surface area contributed by atoms with E-state index >= 15 is 0 Å². The first kappa shape index (κ1) is 22.1. The number of hydrogen-bond acceptors (Lipinski definition) is 3. The molecular weight excluding hydrogens is 404 g/mol. The summed E-state index contributed by atoms with van der Waals surface area (Å²) < 4.78 is 2.59. The van der Waals surface area contributed by atoms with Crippen LogP contribution in [0.1, 0.15) is 68.0 Å². The molecule has 3 N–H and O–H groups in total. The number of nitrogens with zero attached hydrogens (tertiary/aromatic N) is 2. The third-order valence-corrected chi connectivity index (χ3v) is 7.36. The molecule has 4 heteroatoms. The van der Waals surface area contributed by atoms with Gasteiger partial charge in [-0.25, -0.2) is 0 Å². The van der Waals surface area contributed by atoms with Gasteiger partial charge in [-0.05, 0) is 67.9 Å². The highest BCUT2D eigenvalue weighted by Gasteiger charge is 2.24. The normalized spacial score (nSPS) is 15.9. The van der Waals surface area contributed by atoms with Crippen LogP contribution < -0.4 is 11.1 Å². The summed E-state index contributed by atoms with van der Waals surface area (Å²) in [6.07, 6.45) is 15.3. The second kappa shape index (κ2) is 10.5. The highest BCUT2D eigenvalue weighted by atomic mass is 15.0. The number of fused-ring (bicyclic) bond motifs is 2. The van der Waals surface area contributed by atoms with E-state index in [-0.39, 0.29) is 0 Å². The molecule has 1 unspecified atom stereocenters. The summed E-state index contributed by atoms with van der Waals surface area (Å²) >= 11 is 0. The first-order valence-electron chi connectivity index (χ1n) is 12.7. The molecule has 0 bridgehead atoms. The molecule has 1 fully saturated rings. The van der Waals surface area contributed by atoms with Crippen molar-refractivity contribution in [3.8, 4) is 0 Å². The van der Waals surface area contributed by atoms with E-state index in [1.165, 1.54) is 64.9 Å². The highest BCUT2D eigenvalue weighted by Crippen LogP contribution is 2.40.